The SMILES string of the molecule is CC=CCC(O)C(C)(C)C(N)=O. The van der Waals surface area contributed by atoms with Gasteiger partial charge in [0.2, 0.25) is 5.91 Å². The van der Waals surface area contributed by atoms with Crippen LogP contribution in [0.5, 0.6) is 0 Å². The lowest BCUT2D eigenvalue weighted by Crippen LogP contribution is -2.41. The molecule has 3 heteroatoms. The maximum atomic E-state index is 10.9. The van der Waals surface area contributed by atoms with Crippen molar-refractivity contribution >= 4 is 5.91 Å². The molecule has 70 valence electrons. The van der Waals surface area contributed by atoms with E-state index in [9.17, 15) is 9.90 Å². The molecule has 0 aromatic carbocycles. The third kappa shape index (κ3) is 2.66. The predicted molar refractivity (Wildman–Crippen MR) is 48.4 cm³/mol. The Morgan fingerprint density at radius 3 is 2.50 bits per heavy atom. The van der Waals surface area contributed by atoms with Gasteiger partial charge in [0.25, 0.3) is 0 Å². The third-order valence-corrected chi connectivity index (χ3v) is 2.06. The lowest BCUT2D eigenvalue weighted by molar-refractivity contribution is -0.131. The minimum Gasteiger partial charge on any atom is -0.392 e. The van der Waals surface area contributed by atoms with E-state index >= 15 is 0 Å². The summed E-state index contributed by atoms with van der Waals surface area (Å²) in [5.74, 6) is -0.473. The first-order valence-electron chi connectivity index (χ1n) is 4.02. The molecule has 0 aliphatic rings. The highest BCUT2D eigenvalue weighted by atomic mass is 16.3. The van der Waals surface area contributed by atoms with Gasteiger partial charge < -0.3 is 10.8 Å². The fraction of sp³-hybridized carbons (Fsp3) is 0.667. The first-order chi connectivity index (χ1) is 5.42. The van der Waals surface area contributed by atoms with Gasteiger partial charge in [-0.2, -0.15) is 0 Å². The first kappa shape index (κ1) is 11.2. The molecule has 0 saturated heterocycles. The van der Waals surface area contributed by atoms with E-state index in [1.807, 2.05) is 19.1 Å². The van der Waals surface area contributed by atoms with Gasteiger partial charge in [-0.05, 0) is 27.2 Å². The van der Waals surface area contributed by atoms with Crippen LogP contribution in [-0.2, 0) is 4.79 Å². The van der Waals surface area contributed by atoms with Gasteiger partial charge in [-0.15, -0.1) is 0 Å². The molecule has 0 aliphatic heterocycles. The largest absolute Gasteiger partial charge is 0.392 e. The second-order valence-electron chi connectivity index (χ2n) is 3.41. The Balaban J connectivity index is 4.24. The van der Waals surface area contributed by atoms with Crippen molar-refractivity contribution in [2.24, 2.45) is 11.1 Å². The van der Waals surface area contributed by atoms with Gasteiger partial charge in [-0.25, -0.2) is 0 Å². The third-order valence-electron chi connectivity index (χ3n) is 2.06. The number of allylic oxidation sites excluding steroid dienone is 1. The second kappa shape index (κ2) is 4.26. The number of nitrogens with two attached hydrogens (primary N) is 1. The average molecular weight is 171 g/mol. The number of aliphatic hydroxyl groups excluding tert-OH is 1. The van der Waals surface area contributed by atoms with Crippen molar-refractivity contribution in [3.63, 3.8) is 0 Å². The molecule has 3 N–H and O–H groups in total. The minimum absolute atomic E-state index is 0.465. The number of carbonyl (C=O) groups excluding carboxylic acids is 1. The molecular weight excluding hydrogens is 154 g/mol. The van der Waals surface area contributed by atoms with Crippen LogP contribution in [-0.4, -0.2) is 17.1 Å². The van der Waals surface area contributed by atoms with Gasteiger partial charge in [0.05, 0.1) is 11.5 Å². The average Bonchev–Trinajstić information content (AvgIpc) is 1.99. The second-order valence-corrected chi connectivity index (χ2v) is 3.41. The first-order valence-corrected chi connectivity index (χ1v) is 4.02. The van der Waals surface area contributed by atoms with Crippen LogP contribution in [0.2, 0.25) is 0 Å². The molecule has 0 spiro atoms. The lowest BCUT2D eigenvalue weighted by Gasteiger charge is -2.25. The quantitative estimate of drug-likeness (QED) is 0.615. The Bertz CT molecular complexity index is 185. The lowest BCUT2D eigenvalue weighted by atomic mass is 9.84. The van der Waals surface area contributed by atoms with Gasteiger partial charge in [0, 0.05) is 0 Å². The van der Waals surface area contributed by atoms with Crippen molar-refractivity contribution in [3.05, 3.63) is 12.2 Å². The van der Waals surface area contributed by atoms with E-state index in [1.165, 1.54) is 0 Å². The molecule has 0 fully saturated rings. The fourth-order valence-corrected chi connectivity index (χ4v) is 0.724. The van der Waals surface area contributed by atoms with Crippen LogP contribution in [0, 0.1) is 5.41 Å². The molecule has 0 saturated carbocycles. The molecule has 0 bridgehead atoms. The Labute approximate surface area is 73.3 Å². The summed E-state index contributed by atoms with van der Waals surface area (Å²) in [6.07, 6.45) is 3.41. The molecule has 0 heterocycles. The number of amides is 1. The summed E-state index contributed by atoms with van der Waals surface area (Å²) in [5.41, 5.74) is 4.27. The van der Waals surface area contributed by atoms with E-state index in [1.54, 1.807) is 13.8 Å². The van der Waals surface area contributed by atoms with E-state index in [4.69, 9.17) is 5.73 Å². The van der Waals surface area contributed by atoms with Crippen molar-refractivity contribution in [2.75, 3.05) is 0 Å². The maximum Gasteiger partial charge on any atom is 0.225 e. The molecule has 0 aliphatic carbocycles. The molecule has 0 aromatic heterocycles. The van der Waals surface area contributed by atoms with Crippen LogP contribution < -0.4 is 5.73 Å². The van der Waals surface area contributed by atoms with Crippen molar-refractivity contribution in [2.45, 2.75) is 33.3 Å². The number of hydrogen-bond donors (Lipinski definition) is 2. The van der Waals surface area contributed by atoms with E-state index < -0.39 is 17.4 Å². The molecule has 0 rings (SSSR count). The number of rotatable bonds is 4. The number of primary amides is 1. The van der Waals surface area contributed by atoms with E-state index in [0.717, 1.165) is 0 Å². The molecule has 0 radical (unpaired) electrons. The maximum absolute atomic E-state index is 10.9. The van der Waals surface area contributed by atoms with Crippen LogP contribution in [0.1, 0.15) is 27.2 Å². The summed E-state index contributed by atoms with van der Waals surface area (Å²) < 4.78 is 0. The van der Waals surface area contributed by atoms with Crippen LogP contribution in [0.4, 0.5) is 0 Å². The zero-order valence-corrected chi connectivity index (χ0v) is 7.87. The Morgan fingerprint density at radius 2 is 2.17 bits per heavy atom. The Hall–Kier alpha value is -0.830. The molecule has 1 unspecified atom stereocenters. The van der Waals surface area contributed by atoms with Crippen molar-refractivity contribution < 1.29 is 9.90 Å². The number of hydrogen-bond acceptors (Lipinski definition) is 2. The normalized spacial score (nSPS) is 15.0. The molecule has 1 atom stereocenters. The monoisotopic (exact) mass is 171 g/mol. The summed E-state index contributed by atoms with van der Waals surface area (Å²) in [4.78, 5) is 10.9. The molecule has 12 heavy (non-hydrogen) atoms. The van der Waals surface area contributed by atoms with E-state index in [-0.39, 0.29) is 0 Å². The zero-order chi connectivity index (χ0) is 9.78. The molecule has 3 nitrogen and oxygen atoms in total. The summed E-state index contributed by atoms with van der Waals surface area (Å²) in [7, 11) is 0. The van der Waals surface area contributed by atoms with Gasteiger partial charge in [-0.1, -0.05) is 12.2 Å². The van der Waals surface area contributed by atoms with Gasteiger partial charge in [0.15, 0.2) is 0 Å². The minimum atomic E-state index is -0.848. The number of carbonyl (C=O) groups is 1. The van der Waals surface area contributed by atoms with Crippen LogP contribution in [0.3, 0.4) is 0 Å². The molecule has 0 aromatic rings. The topological polar surface area (TPSA) is 63.3 Å². The standard InChI is InChI=1S/C9H17NO2/c1-4-5-6-7(11)9(2,3)8(10)12/h4-5,7,11H,6H2,1-3H3,(H2,10,12). The van der Waals surface area contributed by atoms with Crippen LogP contribution in [0.15, 0.2) is 12.2 Å². The van der Waals surface area contributed by atoms with Crippen molar-refractivity contribution in [3.8, 4) is 0 Å². The van der Waals surface area contributed by atoms with Gasteiger partial charge in [-0.3, -0.25) is 4.79 Å². The highest BCUT2D eigenvalue weighted by molar-refractivity contribution is 5.80. The summed E-state index contributed by atoms with van der Waals surface area (Å²) >= 11 is 0. The van der Waals surface area contributed by atoms with E-state index in [0.29, 0.717) is 6.42 Å². The van der Waals surface area contributed by atoms with Crippen LogP contribution in [0.25, 0.3) is 0 Å². The highest BCUT2D eigenvalue weighted by Crippen LogP contribution is 2.22. The summed E-state index contributed by atoms with van der Waals surface area (Å²) in [6.45, 7) is 5.15. The smallest absolute Gasteiger partial charge is 0.225 e. The van der Waals surface area contributed by atoms with E-state index in [2.05, 4.69) is 0 Å². The molecule has 1 amide bonds. The Kier molecular flexibility index (Phi) is 3.96. The predicted octanol–water partition coefficient (Wildman–Crippen LogP) is 0.825. The van der Waals surface area contributed by atoms with Crippen molar-refractivity contribution in [1.29, 1.82) is 0 Å². The number of aliphatic hydroxyl groups is 1. The molecular formula is C9H17NO2. The summed E-state index contributed by atoms with van der Waals surface area (Å²) in [6, 6.07) is 0. The van der Waals surface area contributed by atoms with Gasteiger partial charge in [0.1, 0.15) is 0 Å². The highest BCUT2D eigenvalue weighted by Gasteiger charge is 2.32. The summed E-state index contributed by atoms with van der Waals surface area (Å²) in [5, 5.41) is 9.53. The van der Waals surface area contributed by atoms with Gasteiger partial charge >= 0.3 is 0 Å². The van der Waals surface area contributed by atoms with Crippen molar-refractivity contribution in [1.82, 2.24) is 0 Å². The Morgan fingerprint density at radius 1 is 1.67 bits per heavy atom. The fourth-order valence-electron chi connectivity index (χ4n) is 0.724. The zero-order valence-electron chi connectivity index (χ0n) is 7.87. The van der Waals surface area contributed by atoms with Crippen LogP contribution >= 0.6 is 0 Å².